The van der Waals surface area contributed by atoms with Crippen LogP contribution in [0.3, 0.4) is 0 Å². The maximum absolute atomic E-state index is 11.6. The maximum Gasteiger partial charge on any atom is 0.339 e. The number of ketones is 1. The van der Waals surface area contributed by atoms with Crippen molar-refractivity contribution in [2.45, 2.75) is 20.8 Å². The molecule has 134 valence electrons. The molecule has 0 unspecified atom stereocenters. The topological polar surface area (TPSA) is 81.2 Å². The van der Waals surface area contributed by atoms with E-state index in [2.05, 4.69) is 20.0 Å². The van der Waals surface area contributed by atoms with Crippen LogP contribution in [0.4, 0.5) is 11.5 Å². The first kappa shape index (κ1) is 19.1. The lowest BCUT2D eigenvalue weighted by Crippen LogP contribution is -2.03. The minimum atomic E-state index is -0.436. The molecule has 1 N–H and O–H groups in total. The van der Waals surface area contributed by atoms with Crippen LogP contribution >= 0.6 is 0 Å². The summed E-state index contributed by atoms with van der Waals surface area (Å²) in [5.41, 5.74) is 2.55. The van der Waals surface area contributed by atoms with Gasteiger partial charge in [0.05, 0.1) is 23.9 Å². The molecule has 0 radical (unpaired) electrons. The Kier molecular flexibility index (Phi) is 6.38. The Morgan fingerprint density at radius 2 is 1.73 bits per heavy atom. The van der Waals surface area contributed by atoms with Gasteiger partial charge in [0.25, 0.3) is 0 Å². The molecule has 0 saturated heterocycles. The molecule has 0 aliphatic heterocycles. The second-order valence-corrected chi connectivity index (χ2v) is 5.20. The zero-order valence-corrected chi connectivity index (χ0v) is 15.2. The number of hydrogen-bond donors (Lipinski definition) is 1. The van der Waals surface area contributed by atoms with E-state index in [9.17, 15) is 9.59 Å². The molecule has 3 rings (SSSR count). The van der Waals surface area contributed by atoms with Gasteiger partial charge < -0.3 is 10.1 Å². The molecule has 3 aromatic rings. The summed E-state index contributed by atoms with van der Waals surface area (Å²) in [6, 6.07) is 10.5. The van der Waals surface area contributed by atoms with E-state index in [4.69, 9.17) is 0 Å². The molecule has 26 heavy (non-hydrogen) atoms. The average Bonchev–Trinajstić information content (AvgIpc) is 2.69. The summed E-state index contributed by atoms with van der Waals surface area (Å²) in [5.74, 6) is 0.130. The number of carbonyl (C=O) groups excluding carboxylic acids is 2. The zero-order chi connectivity index (χ0) is 19.1. The Bertz CT molecular complexity index is 921. The lowest BCUT2D eigenvalue weighted by atomic mass is 10.1. The fourth-order valence-corrected chi connectivity index (χ4v) is 2.32. The van der Waals surface area contributed by atoms with Gasteiger partial charge >= 0.3 is 5.97 Å². The molecule has 6 nitrogen and oxygen atoms in total. The average molecular weight is 351 g/mol. The summed E-state index contributed by atoms with van der Waals surface area (Å²) in [7, 11) is 1.32. The monoisotopic (exact) mass is 351 g/mol. The minimum absolute atomic E-state index is 0.00717. The highest BCUT2D eigenvalue weighted by Crippen LogP contribution is 2.25. The van der Waals surface area contributed by atoms with Crippen LogP contribution in [0.5, 0.6) is 0 Å². The van der Waals surface area contributed by atoms with E-state index in [0.717, 1.165) is 16.6 Å². The fraction of sp³-hybridized carbons (Fsp3) is 0.200. The number of nitrogens with zero attached hydrogens (tertiary/aromatic N) is 2. The molecule has 0 atom stereocenters. The second-order valence-electron chi connectivity index (χ2n) is 5.20. The third-order valence-electron chi connectivity index (χ3n) is 3.60. The second kappa shape index (κ2) is 8.71. The van der Waals surface area contributed by atoms with Crippen LogP contribution < -0.4 is 5.32 Å². The molecule has 0 aliphatic carbocycles. The lowest BCUT2D eigenvalue weighted by Gasteiger charge is -2.10. The Labute approximate surface area is 152 Å². The van der Waals surface area contributed by atoms with E-state index in [1.54, 1.807) is 30.5 Å². The molecule has 0 bridgehead atoms. The highest BCUT2D eigenvalue weighted by atomic mass is 16.5. The van der Waals surface area contributed by atoms with Gasteiger partial charge in [0, 0.05) is 23.3 Å². The number of hydrogen-bond acceptors (Lipinski definition) is 6. The summed E-state index contributed by atoms with van der Waals surface area (Å²) < 4.78 is 4.65. The highest BCUT2D eigenvalue weighted by Gasteiger charge is 2.08. The van der Waals surface area contributed by atoms with Gasteiger partial charge in [-0.3, -0.25) is 9.78 Å². The molecule has 0 spiro atoms. The first-order chi connectivity index (χ1) is 12.6. The van der Waals surface area contributed by atoms with Crippen molar-refractivity contribution >= 4 is 34.2 Å². The quantitative estimate of drug-likeness (QED) is 0.554. The van der Waals surface area contributed by atoms with Gasteiger partial charge in [-0.25, -0.2) is 9.78 Å². The number of anilines is 2. The SMILES string of the molecule is CC.COC(=O)c1ccc(Nc2ccnc3ccc(C(C)=O)cc23)nc1. The number of aromatic nitrogens is 2. The lowest BCUT2D eigenvalue weighted by molar-refractivity contribution is 0.0600. The van der Waals surface area contributed by atoms with E-state index in [0.29, 0.717) is 16.9 Å². The van der Waals surface area contributed by atoms with Gasteiger partial charge in [-0.15, -0.1) is 0 Å². The number of Topliss-reactive ketones (excluding diaryl/α,β-unsaturated/α-hetero) is 1. The van der Waals surface area contributed by atoms with E-state index < -0.39 is 5.97 Å². The van der Waals surface area contributed by atoms with E-state index in [-0.39, 0.29) is 5.78 Å². The van der Waals surface area contributed by atoms with Crippen LogP contribution in [0, 0.1) is 0 Å². The van der Waals surface area contributed by atoms with Crippen LogP contribution in [-0.4, -0.2) is 28.8 Å². The van der Waals surface area contributed by atoms with Crippen molar-refractivity contribution < 1.29 is 14.3 Å². The summed E-state index contributed by atoms with van der Waals surface area (Å²) in [6.45, 7) is 5.53. The maximum atomic E-state index is 11.6. The van der Waals surface area contributed by atoms with Crippen LogP contribution in [0.15, 0.2) is 48.8 Å². The Morgan fingerprint density at radius 3 is 2.35 bits per heavy atom. The molecule has 0 aliphatic rings. The summed E-state index contributed by atoms with van der Waals surface area (Å²) in [6.07, 6.45) is 3.12. The predicted molar refractivity (Wildman–Crippen MR) is 102 cm³/mol. The van der Waals surface area contributed by atoms with Gasteiger partial charge in [-0.05, 0) is 43.3 Å². The molecule has 0 saturated carbocycles. The normalized spacial score (nSPS) is 9.85. The van der Waals surface area contributed by atoms with Crippen molar-refractivity contribution in [2.24, 2.45) is 0 Å². The van der Waals surface area contributed by atoms with Crippen molar-refractivity contribution in [2.75, 3.05) is 12.4 Å². The van der Waals surface area contributed by atoms with Crippen molar-refractivity contribution in [1.29, 1.82) is 0 Å². The summed E-state index contributed by atoms with van der Waals surface area (Å²) in [5, 5.41) is 4.01. The highest BCUT2D eigenvalue weighted by molar-refractivity contribution is 6.01. The Hall–Kier alpha value is -3.28. The van der Waals surface area contributed by atoms with Gasteiger partial charge in [0.15, 0.2) is 5.78 Å². The minimum Gasteiger partial charge on any atom is -0.465 e. The summed E-state index contributed by atoms with van der Waals surface area (Å²) in [4.78, 5) is 31.5. The van der Waals surface area contributed by atoms with E-state index in [1.165, 1.54) is 20.2 Å². The van der Waals surface area contributed by atoms with E-state index >= 15 is 0 Å². The van der Waals surface area contributed by atoms with Crippen molar-refractivity contribution in [3.8, 4) is 0 Å². The first-order valence-corrected chi connectivity index (χ1v) is 8.29. The molecule has 0 amide bonds. The van der Waals surface area contributed by atoms with Gasteiger partial charge in [0.1, 0.15) is 5.82 Å². The Balaban J connectivity index is 0.00000117. The van der Waals surface area contributed by atoms with Crippen molar-refractivity contribution in [3.63, 3.8) is 0 Å². The first-order valence-electron chi connectivity index (χ1n) is 8.29. The fourth-order valence-electron chi connectivity index (χ4n) is 2.32. The number of carbonyl (C=O) groups is 2. The molecule has 0 fully saturated rings. The zero-order valence-electron chi connectivity index (χ0n) is 15.2. The number of esters is 1. The van der Waals surface area contributed by atoms with Crippen LogP contribution in [0.2, 0.25) is 0 Å². The van der Waals surface area contributed by atoms with Gasteiger partial charge in [-0.2, -0.15) is 0 Å². The van der Waals surface area contributed by atoms with Crippen molar-refractivity contribution in [1.82, 2.24) is 9.97 Å². The largest absolute Gasteiger partial charge is 0.465 e. The van der Waals surface area contributed by atoms with Gasteiger partial charge in [-0.1, -0.05) is 13.8 Å². The molecular formula is C20H21N3O3. The van der Waals surface area contributed by atoms with Crippen LogP contribution in [-0.2, 0) is 4.74 Å². The number of rotatable bonds is 4. The molecule has 2 aromatic heterocycles. The smallest absolute Gasteiger partial charge is 0.339 e. The molecular weight excluding hydrogens is 330 g/mol. The number of ether oxygens (including phenoxy) is 1. The molecule has 1 aromatic carbocycles. The third-order valence-corrected chi connectivity index (χ3v) is 3.60. The third kappa shape index (κ3) is 4.22. The number of fused-ring (bicyclic) bond motifs is 1. The van der Waals surface area contributed by atoms with Crippen LogP contribution in [0.25, 0.3) is 10.9 Å². The number of methoxy groups -OCH3 is 1. The van der Waals surface area contributed by atoms with E-state index in [1.807, 2.05) is 26.0 Å². The molecule has 2 heterocycles. The number of nitrogens with one attached hydrogen (secondary N) is 1. The Morgan fingerprint density at radius 1 is 1.00 bits per heavy atom. The van der Waals surface area contributed by atoms with Crippen molar-refractivity contribution in [3.05, 3.63) is 59.9 Å². The number of pyridine rings is 2. The number of benzene rings is 1. The standard InChI is InChI=1S/C18H15N3O3.C2H6/c1-11(22)12-3-5-15-14(9-12)16(7-8-19-15)21-17-6-4-13(10-20-17)18(23)24-2;1-2/h3-10H,1-2H3,(H,19,20,21);1-2H3. The summed E-state index contributed by atoms with van der Waals surface area (Å²) >= 11 is 0. The predicted octanol–water partition coefficient (Wildman–Crippen LogP) is 4.39. The van der Waals surface area contributed by atoms with Gasteiger partial charge in [0.2, 0.25) is 0 Å². The van der Waals surface area contributed by atoms with Crippen LogP contribution in [0.1, 0.15) is 41.5 Å². The molecule has 6 heteroatoms.